The van der Waals surface area contributed by atoms with Gasteiger partial charge in [-0.1, -0.05) is 42.5 Å². The fourth-order valence-electron chi connectivity index (χ4n) is 2.41. The van der Waals surface area contributed by atoms with E-state index in [1.807, 2.05) is 30.3 Å². The first-order valence-corrected chi connectivity index (χ1v) is 9.74. The molecule has 26 heavy (non-hydrogen) atoms. The van der Waals surface area contributed by atoms with Crippen molar-refractivity contribution in [2.75, 3.05) is 16.3 Å². The van der Waals surface area contributed by atoms with Crippen molar-refractivity contribution in [1.82, 2.24) is 9.78 Å². The highest BCUT2D eigenvalue weighted by Gasteiger charge is 2.13. The van der Waals surface area contributed by atoms with Crippen LogP contribution < -0.4 is 10.0 Å². The van der Waals surface area contributed by atoms with E-state index in [-0.39, 0.29) is 5.91 Å². The van der Waals surface area contributed by atoms with Crippen molar-refractivity contribution in [3.8, 4) is 0 Å². The average Bonchev–Trinajstić information content (AvgIpc) is 3.05. The van der Waals surface area contributed by atoms with E-state index in [1.165, 1.54) is 6.20 Å². The molecular weight excluding hydrogens is 352 g/mol. The summed E-state index contributed by atoms with van der Waals surface area (Å²) in [4.78, 5) is 12.5. The van der Waals surface area contributed by atoms with Crippen molar-refractivity contribution in [2.45, 2.75) is 6.54 Å². The first kappa shape index (κ1) is 17.7. The number of hydrogen-bond acceptors (Lipinski definition) is 4. The Morgan fingerprint density at radius 2 is 1.69 bits per heavy atom. The molecule has 0 aliphatic carbocycles. The quantitative estimate of drug-likeness (QED) is 0.697. The molecule has 0 radical (unpaired) electrons. The summed E-state index contributed by atoms with van der Waals surface area (Å²) in [7, 11) is -3.45. The van der Waals surface area contributed by atoms with Crippen LogP contribution in [-0.2, 0) is 16.6 Å². The summed E-state index contributed by atoms with van der Waals surface area (Å²) in [5.74, 6) is -0.368. The molecule has 1 heterocycles. The molecule has 1 amide bonds. The summed E-state index contributed by atoms with van der Waals surface area (Å²) in [6.07, 6.45) is 4.18. The predicted octanol–water partition coefficient (Wildman–Crippen LogP) is 2.56. The number of amides is 1. The normalized spacial score (nSPS) is 11.1. The molecule has 1 aromatic heterocycles. The Labute approximate surface area is 151 Å². The zero-order valence-electron chi connectivity index (χ0n) is 14.1. The first-order chi connectivity index (χ1) is 12.4. The lowest BCUT2D eigenvalue weighted by Crippen LogP contribution is -2.15. The van der Waals surface area contributed by atoms with Gasteiger partial charge in [-0.25, -0.2) is 8.42 Å². The van der Waals surface area contributed by atoms with Gasteiger partial charge in [0.15, 0.2) is 0 Å². The molecule has 0 aliphatic heterocycles. The second-order valence-corrected chi connectivity index (χ2v) is 7.53. The number of sulfonamides is 1. The van der Waals surface area contributed by atoms with Gasteiger partial charge in [0, 0.05) is 6.20 Å². The van der Waals surface area contributed by atoms with E-state index in [0.29, 0.717) is 23.5 Å². The lowest BCUT2D eigenvalue weighted by molar-refractivity contribution is 0.102. The number of aromatic nitrogens is 2. The minimum absolute atomic E-state index is 0.306. The maximum absolute atomic E-state index is 12.5. The molecular formula is C18H18N4O3S. The molecule has 8 heteroatoms. The van der Waals surface area contributed by atoms with Crippen LogP contribution in [0, 0.1) is 0 Å². The van der Waals surface area contributed by atoms with E-state index in [9.17, 15) is 13.2 Å². The second-order valence-electron chi connectivity index (χ2n) is 5.79. The fraction of sp³-hybridized carbons (Fsp3) is 0.111. The van der Waals surface area contributed by atoms with Crippen LogP contribution in [0.15, 0.2) is 67.0 Å². The number of carbonyl (C=O) groups is 1. The Bertz CT molecular complexity index is 1010. The molecule has 0 bridgehead atoms. The molecule has 0 atom stereocenters. The molecule has 2 N–H and O–H groups in total. The van der Waals surface area contributed by atoms with Crippen LogP contribution in [0.25, 0.3) is 0 Å². The summed E-state index contributed by atoms with van der Waals surface area (Å²) >= 11 is 0. The van der Waals surface area contributed by atoms with Crippen LogP contribution in [0.5, 0.6) is 0 Å². The molecule has 0 spiro atoms. The molecule has 0 saturated carbocycles. The Balaban J connectivity index is 1.73. The second kappa shape index (κ2) is 7.40. The average molecular weight is 370 g/mol. The molecule has 0 aliphatic rings. The maximum atomic E-state index is 12.5. The third-order valence-electron chi connectivity index (χ3n) is 3.55. The summed E-state index contributed by atoms with van der Waals surface area (Å²) in [5.41, 5.74) is 2.14. The van der Waals surface area contributed by atoms with Crippen LogP contribution in [0.2, 0.25) is 0 Å². The fourth-order valence-corrected chi connectivity index (χ4v) is 2.99. The number of rotatable bonds is 6. The van der Waals surface area contributed by atoms with E-state index >= 15 is 0 Å². The van der Waals surface area contributed by atoms with E-state index in [1.54, 1.807) is 35.1 Å². The third-order valence-corrected chi connectivity index (χ3v) is 4.14. The molecule has 0 saturated heterocycles. The molecule has 3 aromatic rings. The molecule has 0 unspecified atom stereocenters. The monoisotopic (exact) mass is 370 g/mol. The number of hydrogen-bond donors (Lipinski definition) is 2. The summed E-state index contributed by atoms with van der Waals surface area (Å²) < 4.78 is 26.9. The number of anilines is 2. The third kappa shape index (κ3) is 4.70. The minimum atomic E-state index is -3.45. The zero-order valence-corrected chi connectivity index (χ0v) is 14.9. The zero-order chi connectivity index (χ0) is 18.6. The Hall–Kier alpha value is -3.13. The molecule has 0 fully saturated rings. The SMILES string of the molecule is CS(=O)(=O)Nc1ccccc1NC(=O)c1cnn(Cc2ccccc2)c1. The molecule has 7 nitrogen and oxygen atoms in total. The smallest absolute Gasteiger partial charge is 0.258 e. The van der Waals surface area contributed by atoms with E-state index in [0.717, 1.165) is 11.8 Å². The van der Waals surface area contributed by atoms with Crippen molar-refractivity contribution in [3.63, 3.8) is 0 Å². The van der Waals surface area contributed by atoms with Crippen molar-refractivity contribution >= 4 is 27.3 Å². The number of benzene rings is 2. The van der Waals surface area contributed by atoms with Gasteiger partial charge >= 0.3 is 0 Å². The highest BCUT2D eigenvalue weighted by Crippen LogP contribution is 2.22. The standard InChI is InChI=1S/C18H18N4O3S/c1-26(24,25)21-17-10-6-5-9-16(17)20-18(23)15-11-19-22(13-15)12-14-7-3-2-4-8-14/h2-11,13,21H,12H2,1H3,(H,20,23). The Morgan fingerprint density at radius 1 is 1.04 bits per heavy atom. The van der Waals surface area contributed by atoms with Gasteiger partial charge in [-0.15, -0.1) is 0 Å². The van der Waals surface area contributed by atoms with Crippen LogP contribution >= 0.6 is 0 Å². The van der Waals surface area contributed by atoms with Crippen LogP contribution in [-0.4, -0.2) is 30.4 Å². The minimum Gasteiger partial charge on any atom is -0.320 e. The highest BCUT2D eigenvalue weighted by atomic mass is 32.2. The summed E-state index contributed by atoms with van der Waals surface area (Å²) in [6.45, 7) is 0.556. The lowest BCUT2D eigenvalue weighted by atomic mass is 10.2. The van der Waals surface area contributed by atoms with Gasteiger partial charge in [-0.05, 0) is 17.7 Å². The van der Waals surface area contributed by atoms with Gasteiger partial charge in [0.1, 0.15) is 0 Å². The first-order valence-electron chi connectivity index (χ1n) is 7.85. The van der Waals surface area contributed by atoms with Crippen molar-refractivity contribution in [1.29, 1.82) is 0 Å². The van der Waals surface area contributed by atoms with E-state index in [2.05, 4.69) is 15.1 Å². The van der Waals surface area contributed by atoms with Gasteiger partial charge in [0.2, 0.25) is 10.0 Å². The van der Waals surface area contributed by atoms with Gasteiger partial charge < -0.3 is 5.32 Å². The van der Waals surface area contributed by atoms with Gasteiger partial charge in [0.05, 0.1) is 35.9 Å². The van der Waals surface area contributed by atoms with Crippen molar-refractivity contribution < 1.29 is 13.2 Å². The van der Waals surface area contributed by atoms with Gasteiger partial charge in [-0.2, -0.15) is 5.10 Å². The van der Waals surface area contributed by atoms with Gasteiger partial charge in [-0.3, -0.25) is 14.2 Å². The number of nitrogens with zero attached hydrogens (tertiary/aromatic N) is 2. The van der Waals surface area contributed by atoms with Crippen molar-refractivity contribution in [3.05, 3.63) is 78.1 Å². The van der Waals surface area contributed by atoms with Crippen LogP contribution in [0.4, 0.5) is 11.4 Å². The van der Waals surface area contributed by atoms with Gasteiger partial charge in [0.25, 0.3) is 5.91 Å². The maximum Gasteiger partial charge on any atom is 0.258 e. The predicted molar refractivity (Wildman–Crippen MR) is 101 cm³/mol. The Kier molecular flexibility index (Phi) is 5.04. The molecule has 3 rings (SSSR count). The highest BCUT2D eigenvalue weighted by molar-refractivity contribution is 7.92. The number of nitrogens with one attached hydrogen (secondary N) is 2. The van der Waals surface area contributed by atoms with Crippen LogP contribution in [0.1, 0.15) is 15.9 Å². The largest absolute Gasteiger partial charge is 0.320 e. The lowest BCUT2D eigenvalue weighted by Gasteiger charge is -2.11. The van der Waals surface area contributed by atoms with E-state index < -0.39 is 10.0 Å². The van der Waals surface area contributed by atoms with Crippen LogP contribution in [0.3, 0.4) is 0 Å². The van der Waals surface area contributed by atoms with E-state index in [4.69, 9.17) is 0 Å². The topological polar surface area (TPSA) is 93.1 Å². The number of para-hydroxylation sites is 2. The van der Waals surface area contributed by atoms with Crippen molar-refractivity contribution in [2.24, 2.45) is 0 Å². The number of carbonyl (C=O) groups excluding carboxylic acids is 1. The Morgan fingerprint density at radius 3 is 2.38 bits per heavy atom. The summed E-state index contributed by atoms with van der Waals surface area (Å²) in [5, 5.41) is 6.91. The molecule has 2 aromatic carbocycles. The summed E-state index contributed by atoms with van der Waals surface area (Å²) in [6, 6.07) is 16.4. The molecule has 134 valence electrons.